The first-order chi connectivity index (χ1) is 18.2. The van der Waals surface area contributed by atoms with Crippen molar-refractivity contribution >= 4 is 32.7 Å². The number of aromatic nitrogens is 1. The molecule has 1 aliphatic rings. The zero-order valence-corrected chi connectivity index (χ0v) is 24.1. The molecule has 5 nitrogen and oxygen atoms in total. The van der Waals surface area contributed by atoms with Gasteiger partial charge in [0.05, 0.1) is 23.9 Å². The second-order valence-electron chi connectivity index (χ2n) is 11.0. The zero-order valence-electron chi connectivity index (χ0n) is 22.5. The van der Waals surface area contributed by atoms with Crippen LogP contribution in [0.15, 0.2) is 77.3 Å². The highest BCUT2D eigenvalue weighted by molar-refractivity contribution is 9.10. The number of nitrogens with zero attached hydrogens (tertiary/aromatic N) is 3. The van der Waals surface area contributed by atoms with Crippen LogP contribution in [0.2, 0.25) is 0 Å². The number of hydrogen-bond donors (Lipinski definition) is 0. The highest BCUT2D eigenvalue weighted by atomic mass is 79.9. The molecule has 2 heterocycles. The Balaban J connectivity index is 1.34. The van der Waals surface area contributed by atoms with E-state index in [9.17, 15) is 4.79 Å². The molecule has 5 rings (SSSR count). The van der Waals surface area contributed by atoms with Crippen LogP contribution < -0.4 is 4.74 Å². The minimum absolute atomic E-state index is 0.0550. The molecule has 1 saturated heterocycles. The monoisotopic (exact) mass is 571 g/mol. The second kappa shape index (κ2) is 10.9. The van der Waals surface area contributed by atoms with E-state index in [1.165, 1.54) is 11.1 Å². The lowest BCUT2D eigenvalue weighted by Gasteiger charge is -2.35. The Hall–Kier alpha value is -3.22. The molecular formula is C32H34BrN3O2. The van der Waals surface area contributed by atoms with Gasteiger partial charge in [0, 0.05) is 48.1 Å². The van der Waals surface area contributed by atoms with Crippen molar-refractivity contribution in [3.05, 3.63) is 94.0 Å². The van der Waals surface area contributed by atoms with Gasteiger partial charge >= 0.3 is 0 Å². The molecule has 0 N–H and O–H groups in total. The van der Waals surface area contributed by atoms with Crippen molar-refractivity contribution in [1.29, 1.82) is 0 Å². The molecule has 196 valence electrons. The Morgan fingerprint density at radius 3 is 2.24 bits per heavy atom. The molecule has 38 heavy (non-hydrogen) atoms. The maximum Gasteiger partial charge on any atom is 0.254 e. The fourth-order valence-electron chi connectivity index (χ4n) is 4.93. The molecule has 3 aromatic carbocycles. The number of benzene rings is 3. The topological polar surface area (TPSA) is 45.7 Å². The second-order valence-corrected chi connectivity index (χ2v) is 11.9. The van der Waals surface area contributed by atoms with Gasteiger partial charge in [0.2, 0.25) is 0 Å². The smallest absolute Gasteiger partial charge is 0.254 e. The first-order valence-electron chi connectivity index (χ1n) is 13.1. The van der Waals surface area contributed by atoms with Crippen molar-refractivity contribution in [2.24, 2.45) is 0 Å². The first kappa shape index (κ1) is 26.4. The molecule has 4 aromatic rings. The Morgan fingerprint density at radius 2 is 1.61 bits per heavy atom. The number of pyridine rings is 1. The van der Waals surface area contributed by atoms with Gasteiger partial charge in [0.25, 0.3) is 5.91 Å². The van der Waals surface area contributed by atoms with E-state index in [-0.39, 0.29) is 11.3 Å². The van der Waals surface area contributed by atoms with Gasteiger partial charge in [-0.3, -0.25) is 9.69 Å². The number of piperazine rings is 1. The average Bonchev–Trinajstić information content (AvgIpc) is 2.92. The van der Waals surface area contributed by atoms with Crippen LogP contribution >= 0.6 is 15.9 Å². The van der Waals surface area contributed by atoms with E-state index in [0.29, 0.717) is 18.7 Å². The number of ether oxygens (including phenoxy) is 1. The number of amides is 1. The lowest BCUT2D eigenvalue weighted by atomic mass is 9.87. The summed E-state index contributed by atoms with van der Waals surface area (Å²) < 4.78 is 6.23. The van der Waals surface area contributed by atoms with E-state index in [1.807, 2.05) is 53.4 Å². The Morgan fingerprint density at radius 1 is 0.921 bits per heavy atom. The Kier molecular flexibility index (Phi) is 7.55. The van der Waals surface area contributed by atoms with Gasteiger partial charge in [-0.15, -0.1) is 0 Å². The van der Waals surface area contributed by atoms with Gasteiger partial charge in [0.15, 0.2) is 0 Å². The van der Waals surface area contributed by atoms with Crippen molar-refractivity contribution in [1.82, 2.24) is 14.8 Å². The van der Waals surface area contributed by atoms with Crippen LogP contribution in [0, 0.1) is 0 Å². The van der Waals surface area contributed by atoms with E-state index >= 15 is 0 Å². The molecule has 0 radical (unpaired) electrons. The molecule has 1 amide bonds. The number of hydrogen-bond acceptors (Lipinski definition) is 4. The van der Waals surface area contributed by atoms with Crippen molar-refractivity contribution in [2.75, 3.05) is 33.3 Å². The van der Waals surface area contributed by atoms with E-state index in [2.05, 4.69) is 65.9 Å². The predicted molar refractivity (Wildman–Crippen MR) is 158 cm³/mol. The first-order valence-corrected chi connectivity index (χ1v) is 13.9. The van der Waals surface area contributed by atoms with Gasteiger partial charge in [-0.1, -0.05) is 61.0 Å². The van der Waals surface area contributed by atoms with E-state index in [0.717, 1.165) is 52.0 Å². The number of halogens is 1. The number of carbonyl (C=O) groups is 1. The van der Waals surface area contributed by atoms with E-state index in [1.54, 1.807) is 7.11 Å². The molecule has 1 fully saturated rings. The van der Waals surface area contributed by atoms with Crippen molar-refractivity contribution in [3.63, 3.8) is 0 Å². The highest BCUT2D eigenvalue weighted by Crippen LogP contribution is 2.29. The lowest BCUT2D eigenvalue weighted by Crippen LogP contribution is -2.48. The average molecular weight is 573 g/mol. The molecule has 0 aliphatic carbocycles. The summed E-state index contributed by atoms with van der Waals surface area (Å²) in [5.74, 6) is 0.845. The maximum absolute atomic E-state index is 13.8. The largest absolute Gasteiger partial charge is 0.497 e. The lowest BCUT2D eigenvalue weighted by molar-refractivity contribution is 0.0630. The van der Waals surface area contributed by atoms with Crippen LogP contribution in [0.1, 0.15) is 42.3 Å². The number of fused-ring (bicyclic) bond motifs is 1. The van der Waals surface area contributed by atoms with E-state index in [4.69, 9.17) is 9.72 Å². The fourth-order valence-corrected chi connectivity index (χ4v) is 5.29. The number of carbonyl (C=O) groups excluding carboxylic acids is 1. The molecule has 0 bridgehead atoms. The SMILES string of the molecule is COc1ccc(-c2cc(C(=O)N3CCN(Cc4ccc(C(C)(C)C)cc4)CC3)c3cc(Br)ccc3n2)cc1. The normalized spacial score (nSPS) is 14.6. The summed E-state index contributed by atoms with van der Waals surface area (Å²) in [5, 5.41) is 0.864. The third kappa shape index (κ3) is 5.77. The quantitative estimate of drug-likeness (QED) is 0.260. The van der Waals surface area contributed by atoms with E-state index < -0.39 is 0 Å². The maximum atomic E-state index is 13.8. The van der Waals surface area contributed by atoms with Crippen LogP contribution in [0.3, 0.4) is 0 Å². The number of rotatable bonds is 5. The summed E-state index contributed by atoms with van der Waals surface area (Å²) in [7, 11) is 1.65. The van der Waals surface area contributed by atoms with Gasteiger partial charge in [-0.25, -0.2) is 4.98 Å². The summed E-state index contributed by atoms with van der Waals surface area (Å²) in [6, 6.07) is 24.6. The van der Waals surface area contributed by atoms with Crippen LogP contribution in [0.4, 0.5) is 0 Å². The summed E-state index contributed by atoms with van der Waals surface area (Å²) in [5.41, 5.74) is 6.05. The number of methoxy groups -OCH3 is 1. The summed E-state index contributed by atoms with van der Waals surface area (Å²) in [4.78, 5) is 23.1. The summed E-state index contributed by atoms with van der Waals surface area (Å²) >= 11 is 3.57. The molecule has 0 atom stereocenters. The Bertz CT molecular complexity index is 1440. The van der Waals surface area contributed by atoms with Crippen molar-refractivity contribution < 1.29 is 9.53 Å². The molecular weight excluding hydrogens is 538 g/mol. The zero-order chi connectivity index (χ0) is 26.9. The van der Waals surface area contributed by atoms with Crippen LogP contribution in [-0.2, 0) is 12.0 Å². The Labute approximate surface area is 233 Å². The third-order valence-electron chi connectivity index (χ3n) is 7.27. The van der Waals surface area contributed by atoms with Gasteiger partial charge < -0.3 is 9.64 Å². The molecule has 0 spiro atoms. The minimum Gasteiger partial charge on any atom is -0.497 e. The van der Waals surface area contributed by atoms with Gasteiger partial charge in [-0.2, -0.15) is 0 Å². The van der Waals surface area contributed by atoms with Crippen LogP contribution in [0.5, 0.6) is 5.75 Å². The molecule has 1 aliphatic heterocycles. The van der Waals surface area contributed by atoms with Crippen molar-refractivity contribution in [2.45, 2.75) is 32.7 Å². The summed E-state index contributed by atoms with van der Waals surface area (Å²) in [6.45, 7) is 10.7. The fraction of sp³-hybridized carbons (Fsp3) is 0.312. The molecule has 1 aromatic heterocycles. The van der Waals surface area contributed by atoms with Gasteiger partial charge in [-0.05, 0) is 65.1 Å². The predicted octanol–water partition coefficient (Wildman–Crippen LogP) is 6.93. The van der Waals surface area contributed by atoms with Crippen LogP contribution in [0.25, 0.3) is 22.2 Å². The van der Waals surface area contributed by atoms with Crippen LogP contribution in [-0.4, -0.2) is 54.0 Å². The highest BCUT2D eigenvalue weighted by Gasteiger charge is 2.25. The standard InChI is InChI=1S/C32H34BrN3O2/c1-32(2,3)24-9-5-22(6-10-24)21-35-15-17-36(18-16-35)31(37)28-20-30(23-7-12-26(38-4)13-8-23)34-29-14-11-25(33)19-27(28)29/h5-14,19-20H,15-18,21H2,1-4H3. The summed E-state index contributed by atoms with van der Waals surface area (Å²) in [6.07, 6.45) is 0. The molecule has 6 heteroatoms. The van der Waals surface area contributed by atoms with Crippen molar-refractivity contribution in [3.8, 4) is 17.0 Å². The molecule has 0 saturated carbocycles. The molecule has 0 unspecified atom stereocenters. The third-order valence-corrected chi connectivity index (χ3v) is 7.77. The minimum atomic E-state index is 0.0550. The van der Waals surface area contributed by atoms with Gasteiger partial charge in [0.1, 0.15) is 5.75 Å².